The molecular weight excluding hydrogens is 376 g/mol. The van der Waals surface area contributed by atoms with Crippen molar-refractivity contribution in [1.29, 1.82) is 0 Å². The minimum Gasteiger partial charge on any atom is -0.493 e. The van der Waals surface area contributed by atoms with Gasteiger partial charge < -0.3 is 15.8 Å². The third-order valence-electron chi connectivity index (χ3n) is 6.35. The molecule has 3 aromatic rings. The molecule has 2 heterocycles. The molecule has 1 saturated carbocycles. The van der Waals surface area contributed by atoms with Crippen LogP contribution in [0.25, 0.3) is 5.69 Å². The molecule has 2 atom stereocenters. The summed E-state index contributed by atoms with van der Waals surface area (Å²) >= 11 is 0. The average Bonchev–Trinajstić information content (AvgIpc) is 3.45. The zero-order valence-corrected chi connectivity index (χ0v) is 17.1. The Labute approximate surface area is 176 Å². The second-order valence-corrected chi connectivity index (χ2v) is 8.49. The number of nitrogens with two attached hydrogens (primary N) is 1. The fourth-order valence-corrected chi connectivity index (χ4v) is 4.42. The number of nitrogens with zero attached hydrogens (tertiary/aromatic N) is 4. The lowest BCUT2D eigenvalue weighted by Gasteiger charge is -2.44. The number of hydrogen-bond donors (Lipinski definition) is 2. The Morgan fingerprint density at radius 2 is 2.00 bits per heavy atom. The van der Waals surface area contributed by atoms with Gasteiger partial charge in [0.15, 0.2) is 0 Å². The molecule has 1 aromatic heterocycles. The largest absolute Gasteiger partial charge is 0.493 e. The van der Waals surface area contributed by atoms with Gasteiger partial charge in [-0.1, -0.05) is 30.3 Å². The van der Waals surface area contributed by atoms with E-state index >= 15 is 0 Å². The van der Waals surface area contributed by atoms with E-state index in [0.29, 0.717) is 5.92 Å². The maximum absolute atomic E-state index is 6.77. The van der Waals surface area contributed by atoms with Gasteiger partial charge in [0.25, 0.3) is 0 Å². The topological polar surface area (TPSA) is 90.9 Å². The van der Waals surface area contributed by atoms with Gasteiger partial charge in [-0.2, -0.15) is 0 Å². The average molecular weight is 405 g/mol. The molecule has 0 radical (unpaired) electrons. The number of rotatable bonds is 7. The normalized spacial score (nSPS) is 24.0. The molecule has 7 nitrogen and oxygen atoms in total. The Hall–Kier alpha value is -2.77. The fraction of sp³-hybridized carbons (Fsp3) is 0.435. The summed E-state index contributed by atoms with van der Waals surface area (Å²) in [5, 5.41) is 15.4. The minimum absolute atomic E-state index is 0.0154. The Morgan fingerprint density at radius 1 is 1.13 bits per heavy atom. The second-order valence-electron chi connectivity index (χ2n) is 8.49. The fourth-order valence-electron chi connectivity index (χ4n) is 4.42. The molecule has 0 bridgehead atoms. The first-order valence-electron chi connectivity index (χ1n) is 10.8. The summed E-state index contributed by atoms with van der Waals surface area (Å²) in [4.78, 5) is 0. The molecule has 5 rings (SSSR count). The van der Waals surface area contributed by atoms with Gasteiger partial charge in [0.1, 0.15) is 12.1 Å². The van der Waals surface area contributed by atoms with Crippen LogP contribution in [0.1, 0.15) is 36.8 Å². The Bertz CT molecular complexity index is 973. The van der Waals surface area contributed by atoms with E-state index in [-0.39, 0.29) is 11.6 Å². The van der Waals surface area contributed by atoms with E-state index < -0.39 is 0 Å². The summed E-state index contributed by atoms with van der Waals surface area (Å²) in [7, 11) is 0. The molecule has 2 aromatic carbocycles. The van der Waals surface area contributed by atoms with E-state index in [2.05, 4.69) is 51.2 Å². The molecule has 2 fully saturated rings. The lowest BCUT2D eigenvalue weighted by Crippen LogP contribution is -2.60. The van der Waals surface area contributed by atoms with Crippen molar-refractivity contribution < 1.29 is 4.74 Å². The van der Waals surface area contributed by atoms with Crippen molar-refractivity contribution in [2.45, 2.75) is 43.7 Å². The molecular formula is C23H28N6O. The summed E-state index contributed by atoms with van der Waals surface area (Å²) in [5.74, 6) is 1.61. The monoisotopic (exact) mass is 404 g/mol. The predicted molar refractivity (Wildman–Crippen MR) is 114 cm³/mol. The van der Waals surface area contributed by atoms with E-state index in [1.54, 1.807) is 11.0 Å². The summed E-state index contributed by atoms with van der Waals surface area (Å²) in [6.07, 6.45) is 6.96. The Balaban J connectivity index is 1.54. The summed E-state index contributed by atoms with van der Waals surface area (Å²) in [6, 6.07) is 16.8. The molecule has 0 unspecified atom stereocenters. The highest BCUT2D eigenvalue weighted by molar-refractivity contribution is 5.46. The molecule has 1 aliphatic heterocycles. The zero-order chi connectivity index (χ0) is 20.4. The SMILES string of the molecule is N[C@H]1CCCN[C@@]1(Cc1cc(-n2cnnn2)ccc1OCC1CC1)c1ccccc1. The van der Waals surface area contributed by atoms with Crippen LogP contribution in [0.4, 0.5) is 0 Å². The molecule has 1 saturated heterocycles. The van der Waals surface area contributed by atoms with Gasteiger partial charge in [-0.3, -0.25) is 0 Å². The molecule has 7 heteroatoms. The second kappa shape index (κ2) is 8.16. The van der Waals surface area contributed by atoms with E-state index in [1.807, 2.05) is 18.2 Å². The molecule has 30 heavy (non-hydrogen) atoms. The van der Waals surface area contributed by atoms with Gasteiger partial charge in [0.2, 0.25) is 0 Å². The van der Waals surface area contributed by atoms with Gasteiger partial charge in [0.05, 0.1) is 17.8 Å². The van der Waals surface area contributed by atoms with Gasteiger partial charge in [-0.15, -0.1) is 5.10 Å². The first-order chi connectivity index (χ1) is 14.7. The summed E-state index contributed by atoms with van der Waals surface area (Å²) < 4.78 is 7.94. The lowest BCUT2D eigenvalue weighted by atomic mass is 9.74. The Kier molecular flexibility index (Phi) is 5.23. The number of tetrazole rings is 1. The zero-order valence-electron chi connectivity index (χ0n) is 17.1. The van der Waals surface area contributed by atoms with E-state index in [1.165, 1.54) is 18.4 Å². The number of piperidine rings is 1. The molecule has 0 amide bonds. The smallest absolute Gasteiger partial charge is 0.143 e. The van der Waals surface area contributed by atoms with Crippen LogP contribution in [0.2, 0.25) is 0 Å². The molecule has 0 spiro atoms. The lowest BCUT2D eigenvalue weighted by molar-refractivity contribution is 0.211. The number of ether oxygens (including phenoxy) is 1. The highest BCUT2D eigenvalue weighted by atomic mass is 16.5. The first-order valence-corrected chi connectivity index (χ1v) is 10.8. The van der Waals surface area contributed by atoms with Crippen LogP contribution in [0.15, 0.2) is 54.9 Å². The van der Waals surface area contributed by atoms with Crippen molar-refractivity contribution >= 4 is 0 Å². The molecule has 2 aliphatic rings. The van der Waals surface area contributed by atoms with Crippen molar-refractivity contribution in [2.24, 2.45) is 11.7 Å². The van der Waals surface area contributed by atoms with Crippen LogP contribution >= 0.6 is 0 Å². The number of benzene rings is 2. The van der Waals surface area contributed by atoms with Crippen LogP contribution in [0.3, 0.4) is 0 Å². The van der Waals surface area contributed by atoms with Gasteiger partial charge in [-0.05, 0) is 84.3 Å². The maximum Gasteiger partial charge on any atom is 0.143 e. The van der Waals surface area contributed by atoms with Gasteiger partial charge >= 0.3 is 0 Å². The van der Waals surface area contributed by atoms with Gasteiger partial charge in [0, 0.05) is 6.04 Å². The highest BCUT2D eigenvalue weighted by Crippen LogP contribution is 2.37. The van der Waals surface area contributed by atoms with Crippen LogP contribution in [0, 0.1) is 5.92 Å². The van der Waals surface area contributed by atoms with Crippen molar-refractivity contribution in [3.05, 3.63) is 66.0 Å². The third kappa shape index (κ3) is 3.82. The van der Waals surface area contributed by atoms with Crippen LogP contribution in [0.5, 0.6) is 5.75 Å². The first kappa shape index (κ1) is 19.2. The number of aromatic nitrogens is 4. The van der Waals surface area contributed by atoms with Gasteiger partial charge in [-0.25, -0.2) is 4.68 Å². The van der Waals surface area contributed by atoms with Crippen molar-refractivity contribution in [2.75, 3.05) is 13.2 Å². The van der Waals surface area contributed by atoms with Crippen LogP contribution in [-0.4, -0.2) is 39.4 Å². The molecule has 3 N–H and O–H groups in total. The van der Waals surface area contributed by atoms with Crippen molar-refractivity contribution in [3.63, 3.8) is 0 Å². The number of nitrogens with one attached hydrogen (secondary N) is 1. The highest BCUT2D eigenvalue weighted by Gasteiger charge is 2.41. The maximum atomic E-state index is 6.77. The molecule has 156 valence electrons. The third-order valence-corrected chi connectivity index (χ3v) is 6.35. The predicted octanol–water partition coefficient (Wildman–Crippen LogP) is 2.60. The standard InChI is InChI=1S/C23H28N6O/c24-22-7-4-12-25-23(22,19-5-2-1-3-6-19)14-18-13-20(29-16-26-27-28-29)10-11-21(18)30-15-17-8-9-17/h1-3,5-6,10-11,13,16-17,22,25H,4,7-9,12,14-15,24H2/t22-,23-/m0/s1. The Morgan fingerprint density at radius 3 is 2.73 bits per heavy atom. The number of hydrogen-bond acceptors (Lipinski definition) is 6. The van der Waals surface area contributed by atoms with Crippen molar-refractivity contribution in [3.8, 4) is 11.4 Å². The minimum atomic E-state index is -0.337. The van der Waals surface area contributed by atoms with Crippen LogP contribution < -0.4 is 15.8 Å². The van der Waals surface area contributed by atoms with E-state index in [4.69, 9.17) is 10.5 Å². The van der Waals surface area contributed by atoms with E-state index in [0.717, 1.165) is 49.4 Å². The summed E-state index contributed by atoms with van der Waals surface area (Å²) in [6.45, 7) is 1.72. The van der Waals surface area contributed by atoms with Crippen molar-refractivity contribution in [1.82, 2.24) is 25.5 Å². The quantitative estimate of drug-likeness (QED) is 0.629. The molecule has 1 aliphatic carbocycles. The van der Waals surface area contributed by atoms with E-state index in [9.17, 15) is 0 Å². The van der Waals surface area contributed by atoms with Crippen LogP contribution in [-0.2, 0) is 12.0 Å². The summed E-state index contributed by atoms with van der Waals surface area (Å²) in [5.41, 5.74) is 9.69.